The van der Waals surface area contributed by atoms with Gasteiger partial charge in [-0.15, -0.1) is 5.01 Å². The number of ether oxygens (including phenoxy) is 1. The zero-order valence-electron chi connectivity index (χ0n) is 18.4. The lowest BCUT2D eigenvalue weighted by Gasteiger charge is -2.30. The molecular formula is C21H27N5O5S. The van der Waals surface area contributed by atoms with E-state index in [2.05, 4.69) is 10.6 Å². The third-order valence-electron chi connectivity index (χ3n) is 4.88. The lowest BCUT2D eigenvalue weighted by atomic mass is 9.95. The average molecular weight is 462 g/mol. The van der Waals surface area contributed by atoms with E-state index in [-0.39, 0.29) is 29.6 Å². The Kier molecular flexibility index (Phi) is 7.73. The molecule has 2 heterocycles. The minimum atomic E-state index is -0.806. The summed E-state index contributed by atoms with van der Waals surface area (Å²) >= 11 is 1.09. The quantitative estimate of drug-likeness (QED) is 0.578. The van der Waals surface area contributed by atoms with E-state index in [0.717, 1.165) is 17.3 Å². The van der Waals surface area contributed by atoms with Crippen molar-refractivity contribution < 1.29 is 28.4 Å². The van der Waals surface area contributed by atoms with Crippen molar-refractivity contribution >= 4 is 34.8 Å². The second-order valence-corrected chi connectivity index (χ2v) is 9.17. The number of rotatable bonds is 7. The number of benzene rings is 1. The summed E-state index contributed by atoms with van der Waals surface area (Å²) in [4.78, 5) is 39.0. The van der Waals surface area contributed by atoms with Crippen LogP contribution in [0.3, 0.4) is 0 Å². The monoisotopic (exact) mass is 461 g/mol. The molecule has 0 radical (unpaired) electrons. The highest BCUT2D eigenvalue weighted by Crippen LogP contribution is 2.29. The van der Waals surface area contributed by atoms with Crippen LogP contribution in [0.15, 0.2) is 41.1 Å². The molecule has 1 aliphatic heterocycles. The highest BCUT2D eigenvalue weighted by atomic mass is 32.2. The fourth-order valence-electron chi connectivity index (χ4n) is 2.90. The van der Waals surface area contributed by atoms with Gasteiger partial charge in [-0.25, -0.2) is 4.79 Å². The van der Waals surface area contributed by atoms with E-state index in [1.54, 1.807) is 18.7 Å². The second kappa shape index (κ2) is 10.5. The van der Waals surface area contributed by atoms with Gasteiger partial charge in [0.25, 0.3) is 6.20 Å². The van der Waals surface area contributed by atoms with E-state index in [0.29, 0.717) is 31.9 Å². The molecule has 1 saturated heterocycles. The molecule has 10 nitrogen and oxygen atoms in total. The summed E-state index contributed by atoms with van der Waals surface area (Å²) in [6.45, 7) is 7.13. The molecule has 0 aliphatic carbocycles. The highest BCUT2D eigenvalue weighted by Gasteiger charge is 2.29. The number of carbonyl (C=O) groups is 3. The molecular weight excluding hydrogens is 434 g/mol. The Balaban J connectivity index is 1.46. The van der Waals surface area contributed by atoms with Gasteiger partial charge < -0.3 is 24.3 Å². The van der Waals surface area contributed by atoms with Crippen LogP contribution in [0, 0.1) is 5.41 Å². The van der Waals surface area contributed by atoms with Crippen molar-refractivity contribution in [1.82, 2.24) is 10.2 Å². The van der Waals surface area contributed by atoms with Crippen molar-refractivity contribution in [2.45, 2.75) is 27.4 Å². The average Bonchev–Trinajstić information content (AvgIpc) is 3.25. The molecule has 172 valence electrons. The summed E-state index contributed by atoms with van der Waals surface area (Å²) in [5.41, 5.74) is 0.131. The van der Waals surface area contributed by atoms with Crippen LogP contribution >= 0.6 is 11.8 Å². The van der Waals surface area contributed by atoms with Gasteiger partial charge in [-0.2, -0.15) is 0 Å². The fourth-order valence-corrected chi connectivity index (χ4v) is 3.59. The van der Waals surface area contributed by atoms with Crippen molar-refractivity contribution in [3.63, 3.8) is 0 Å². The van der Waals surface area contributed by atoms with Gasteiger partial charge in [-0.05, 0) is 5.56 Å². The van der Waals surface area contributed by atoms with E-state index < -0.39 is 5.41 Å². The van der Waals surface area contributed by atoms with Gasteiger partial charge in [-0.3, -0.25) is 4.79 Å². The Morgan fingerprint density at radius 1 is 1.19 bits per heavy atom. The minimum Gasteiger partial charge on any atom is -0.588 e. The molecule has 0 spiro atoms. The number of hydrogen-bond donors (Lipinski definition) is 0. The lowest BCUT2D eigenvalue weighted by Crippen LogP contribution is -2.65. The zero-order valence-corrected chi connectivity index (χ0v) is 19.2. The molecule has 1 aliphatic rings. The topological polar surface area (TPSA) is 111 Å². The SMILES string of the molecule is CC(=O)SCC(C)(C)C(=O)[N-]c1c[n+](N2CCN(C(=O)OCc3ccccc3)CC2)no1. The first-order valence-corrected chi connectivity index (χ1v) is 11.2. The summed E-state index contributed by atoms with van der Waals surface area (Å²) < 4.78 is 10.6. The predicted molar refractivity (Wildman–Crippen MR) is 118 cm³/mol. The van der Waals surface area contributed by atoms with Gasteiger partial charge in [0.15, 0.2) is 5.12 Å². The maximum Gasteiger partial charge on any atom is 0.410 e. The summed E-state index contributed by atoms with van der Waals surface area (Å²) in [5, 5.41) is 9.75. The summed E-state index contributed by atoms with van der Waals surface area (Å²) in [6.07, 6.45) is 1.17. The van der Waals surface area contributed by atoms with Gasteiger partial charge in [0.05, 0.1) is 23.8 Å². The molecule has 1 aromatic carbocycles. The van der Waals surface area contributed by atoms with Crippen molar-refractivity contribution in [2.75, 3.05) is 36.9 Å². The summed E-state index contributed by atoms with van der Waals surface area (Å²) in [5.74, 6) is 0.0300. The van der Waals surface area contributed by atoms with E-state index >= 15 is 0 Å². The lowest BCUT2D eigenvalue weighted by molar-refractivity contribution is -0.759. The van der Waals surface area contributed by atoms with Crippen molar-refractivity contribution in [2.24, 2.45) is 5.41 Å². The zero-order chi connectivity index (χ0) is 23.1. The normalized spacial score (nSPS) is 14.2. The predicted octanol–water partition coefficient (Wildman–Crippen LogP) is 2.39. The number of nitrogens with zero attached hydrogens (tertiary/aromatic N) is 5. The number of hydrogen-bond acceptors (Lipinski definition) is 8. The van der Waals surface area contributed by atoms with Crippen LogP contribution in [0.1, 0.15) is 26.3 Å². The number of amides is 2. The molecule has 2 amide bonds. The van der Waals surface area contributed by atoms with Crippen molar-refractivity contribution in [3.05, 3.63) is 47.4 Å². The first-order chi connectivity index (χ1) is 15.2. The molecule has 3 rings (SSSR count). The largest absolute Gasteiger partial charge is 0.588 e. The molecule has 0 atom stereocenters. The number of piperazine rings is 1. The van der Waals surface area contributed by atoms with Gasteiger partial charge in [0.1, 0.15) is 12.5 Å². The van der Waals surface area contributed by atoms with Crippen LogP contribution in [-0.4, -0.2) is 59.2 Å². The smallest absolute Gasteiger partial charge is 0.410 e. The summed E-state index contributed by atoms with van der Waals surface area (Å²) in [7, 11) is 0. The van der Waals surface area contributed by atoms with E-state index in [9.17, 15) is 14.4 Å². The van der Waals surface area contributed by atoms with E-state index in [1.165, 1.54) is 17.9 Å². The van der Waals surface area contributed by atoms with Crippen molar-refractivity contribution in [3.8, 4) is 0 Å². The van der Waals surface area contributed by atoms with Crippen molar-refractivity contribution in [1.29, 1.82) is 0 Å². The molecule has 0 saturated carbocycles. The molecule has 0 unspecified atom stereocenters. The fraction of sp³-hybridized carbons (Fsp3) is 0.476. The first kappa shape index (κ1) is 23.6. The molecule has 1 fully saturated rings. The van der Waals surface area contributed by atoms with Crippen LogP contribution in [-0.2, 0) is 20.9 Å². The van der Waals surface area contributed by atoms with Gasteiger partial charge >= 0.3 is 6.09 Å². The maximum absolute atomic E-state index is 12.5. The van der Waals surface area contributed by atoms with Gasteiger partial charge in [-0.1, -0.05) is 55.9 Å². The van der Waals surface area contributed by atoms with Crippen LogP contribution in [0.4, 0.5) is 10.7 Å². The number of carbonyl (C=O) groups excluding carboxylic acids is 3. The van der Waals surface area contributed by atoms with Crippen LogP contribution in [0.25, 0.3) is 5.32 Å². The first-order valence-electron chi connectivity index (χ1n) is 10.2. The molecule has 32 heavy (non-hydrogen) atoms. The molecule has 0 N–H and O–H groups in total. The minimum absolute atomic E-state index is 0.0496. The Morgan fingerprint density at radius 2 is 1.88 bits per heavy atom. The number of aromatic nitrogens is 2. The third kappa shape index (κ3) is 6.46. The summed E-state index contributed by atoms with van der Waals surface area (Å²) in [6, 6.07) is 9.52. The standard InChI is InChI=1S/C21H27N5O5S/c1-16(27)32-15-21(2,3)19(28)22-18-13-26(23-31-18)25-11-9-24(10-12-25)20(29)30-14-17-7-5-4-6-8-17/h4-8,13H,9-12,14-15H2,1-3H3. The van der Waals surface area contributed by atoms with Crippen LogP contribution in [0.5, 0.6) is 0 Å². The Bertz CT molecular complexity index is 941. The second-order valence-electron chi connectivity index (χ2n) is 8.02. The number of thioether (sulfide) groups is 1. The molecule has 11 heteroatoms. The van der Waals surface area contributed by atoms with Gasteiger partial charge in [0.2, 0.25) is 5.27 Å². The molecule has 2 aromatic rings. The third-order valence-corrected chi connectivity index (χ3v) is 6.15. The Hall–Kier alpha value is -3.08. The van der Waals surface area contributed by atoms with E-state index in [1.807, 2.05) is 35.3 Å². The highest BCUT2D eigenvalue weighted by molar-refractivity contribution is 8.13. The van der Waals surface area contributed by atoms with E-state index in [4.69, 9.17) is 9.26 Å². The van der Waals surface area contributed by atoms with Crippen LogP contribution < -0.4 is 9.80 Å². The van der Waals surface area contributed by atoms with Crippen LogP contribution in [0.2, 0.25) is 0 Å². The molecule has 0 bridgehead atoms. The Morgan fingerprint density at radius 3 is 2.53 bits per heavy atom. The van der Waals surface area contributed by atoms with Gasteiger partial charge in [0, 0.05) is 31.2 Å². The maximum atomic E-state index is 12.5. The molecule has 1 aromatic heterocycles. The Labute approximate surface area is 190 Å².